The van der Waals surface area contributed by atoms with E-state index in [1.807, 2.05) is 4.90 Å². The monoisotopic (exact) mass is 460 g/mol. The Kier molecular flexibility index (Phi) is 6.56. The molecule has 5 nitrogen and oxygen atoms in total. The van der Waals surface area contributed by atoms with Crippen molar-refractivity contribution >= 4 is 11.7 Å². The van der Waals surface area contributed by atoms with E-state index in [1.54, 1.807) is 12.1 Å². The van der Waals surface area contributed by atoms with Gasteiger partial charge >= 0.3 is 6.03 Å². The predicted molar refractivity (Wildman–Crippen MR) is 131 cm³/mol. The lowest BCUT2D eigenvalue weighted by atomic mass is 9.78. The molecule has 0 spiro atoms. The normalized spacial score (nSPS) is 24.2. The van der Waals surface area contributed by atoms with Crippen LogP contribution in [0.15, 0.2) is 54.6 Å². The molecule has 2 aromatic carbocycles. The number of nitrogens with one attached hydrogen (secondary N) is 1. The average Bonchev–Trinajstić information content (AvgIpc) is 3.60. The summed E-state index contributed by atoms with van der Waals surface area (Å²) in [5.41, 5.74) is 1.98. The fourth-order valence-electron chi connectivity index (χ4n) is 5.88. The standard InChI is InChI=1S/C28H33FN4O/c29-24-8-10-25(11-9-24)31-27(34)32-16-13-28(12-15-30,14-17-32)33-19-21(20-33)6-7-23-18-26(23)22-4-2-1-3-5-22/h1-5,8-11,21,23,26H,6-7,12-14,16-20H2,(H,31,34). The Morgan fingerprint density at radius 3 is 2.44 bits per heavy atom. The molecular weight excluding hydrogens is 427 g/mol. The van der Waals surface area contributed by atoms with Gasteiger partial charge in [-0.2, -0.15) is 5.26 Å². The molecule has 2 heterocycles. The third-order valence-electron chi connectivity index (χ3n) is 8.21. The molecule has 0 radical (unpaired) electrons. The van der Waals surface area contributed by atoms with Gasteiger partial charge in [-0.15, -0.1) is 0 Å². The van der Waals surface area contributed by atoms with Crippen molar-refractivity contribution in [2.75, 3.05) is 31.5 Å². The van der Waals surface area contributed by atoms with E-state index in [0.717, 1.165) is 43.7 Å². The zero-order valence-electron chi connectivity index (χ0n) is 19.6. The minimum atomic E-state index is -0.321. The van der Waals surface area contributed by atoms with Gasteiger partial charge in [-0.3, -0.25) is 4.90 Å². The summed E-state index contributed by atoms with van der Waals surface area (Å²) in [5.74, 6) is 2.01. The summed E-state index contributed by atoms with van der Waals surface area (Å²) in [6.07, 6.45) is 6.08. The second-order valence-corrected chi connectivity index (χ2v) is 10.3. The number of rotatable bonds is 7. The van der Waals surface area contributed by atoms with Crippen LogP contribution in [-0.2, 0) is 0 Å². The summed E-state index contributed by atoms with van der Waals surface area (Å²) in [4.78, 5) is 17.0. The number of carbonyl (C=O) groups is 1. The molecule has 178 valence electrons. The van der Waals surface area contributed by atoms with Crippen LogP contribution < -0.4 is 5.32 Å². The van der Waals surface area contributed by atoms with Crippen LogP contribution in [0.4, 0.5) is 14.9 Å². The number of anilines is 1. The molecule has 6 heteroatoms. The molecule has 2 aromatic rings. The third kappa shape index (κ3) is 4.95. The van der Waals surface area contributed by atoms with Gasteiger partial charge < -0.3 is 10.2 Å². The topological polar surface area (TPSA) is 59.4 Å². The Morgan fingerprint density at radius 1 is 1.06 bits per heavy atom. The molecule has 2 atom stereocenters. The zero-order chi connectivity index (χ0) is 23.5. The van der Waals surface area contributed by atoms with Crippen molar-refractivity contribution in [2.45, 2.75) is 50.0 Å². The molecule has 2 aliphatic heterocycles. The second-order valence-electron chi connectivity index (χ2n) is 10.3. The Hall–Kier alpha value is -2.91. The van der Waals surface area contributed by atoms with Crippen LogP contribution in [0, 0.1) is 29.0 Å². The number of hydrogen-bond donors (Lipinski definition) is 1. The molecule has 1 aliphatic carbocycles. The van der Waals surface area contributed by atoms with Gasteiger partial charge in [-0.25, -0.2) is 9.18 Å². The van der Waals surface area contributed by atoms with Crippen molar-refractivity contribution in [3.05, 3.63) is 66.0 Å². The van der Waals surface area contributed by atoms with E-state index in [4.69, 9.17) is 0 Å². The zero-order valence-corrected chi connectivity index (χ0v) is 19.6. The second kappa shape index (κ2) is 9.76. The molecule has 1 N–H and O–H groups in total. The maximum absolute atomic E-state index is 13.1. The van der Waals surface area contributed by atoms with Gasteiger partial charge in [0, 0.05) is 37.4 Å². The largest absolute Gasteiger partial charge is 0.324 e. The number of benzene rings is 2. The Bertz CT molecular complexity index is 1020. The first-order valence-electron chi connectivity index (χ1n) is 12.5. The lowest BCUT2D eigenvalue weighted by Gasteiger charge is -2.54. The highest BCUT2D eigenvalue weighted by atomic mass is 19.1. The average molecular weight is 461 g/mol. The van der Waals surface area contributed by atoms with E-state index in [-0.39, 0.29) is 17.4 Å². The van der Waals surface area contributed by atoms with Gasteiger partial charge in [0.15, 0.2) is 0 Å². The lowest BCUT2D eigenvalue weighted by molar-refractivity contribution is -0.0461. The number of halogens is 1. The van der Waals surface area contributed by atoms with Crippen molar-refractivity contribution in [3.8, 4) is 6.07 Å². The summed E-state index contributed by atoms with van der Waals surface area (Å²) in [6.45, 7) is 3.42. The number of urea groups is 1. The van der Waals surface area contributed by atoms with Crippen molar-refractivity contribution in [1.29, 1.82) is 5.26 Å². The molecular formula is C28H33FN4O. The minimum Gasteiger partial charge on any atom is -0.324 e. The first-order valence-corrected chi connectivity index (χ1v) is 12.5. The minimum absolute atomic E-state index is 0.107. The number of likely N-dealkylation sites (tertiary alicyclic amines) is 2. The molecule has 0 bridgehead atoms. The van der Waals surface area contributed by atoms with E-state index in [1.165, 1.54) is 37.0 Å². The van der Waals surface area contributed by atoms with Gasteiger partial charge in [-0.05, 0) is 79.7 Å². The van der Waals surface area contributed by atoms with Gasteiger partial charge in [0.25, 0.3) is 0 Å². The number of hydrogen-bond acceptors (Lipinski definition) is 3. The smallest absolute Gasteiger partial charge is 0.321 e. The number of amides is 2. The van der Waals surface area contributed by atoms with Crippen molar-refractivity contribution in [3.63, 3.8) is 0 Å². The molecule has 34 heavy (non-hydrogen) atoms. The summed E-state index contributed by atoms with van der Waals surface area (Å²) < 4.78 is 13.1. The quantitative estimate of drug-likeness (QED) is 0.583. The molecule has 2 amide bonds. The molecule has 2 unspecified atom stereocenters. The lowest BCUT2D eigenvalue weighted by Crippen LogP contribution is -2.63. The van der Waals surface area contributed by atoms with Crippen LogP contribution in [-0.4, -0.2) is 47.5 Å². The van der Waals surface area contributed by atoms with Crippen LogP contribution in [0.5, 0.6) is 0 Å². The van der Waals surface area contributed by atoms with Crippen LogP contribution in [0.25, 0.3) is 0 Å². The SMILES string of the molecule is N#CCC1(N2CC(CCC3CC3c3ccccc3)C2)CCN(C(=O)Nc2ccc(F)cc2)CC1. The van der Waals surface area contributed by atoms with Crippen LogP contribution >= 0.6 is 0 Å². The maximum Gasteiger partial charge on any atom is 0.321 e. The summed E-state index contributed by atoms with van der Waals surface area (Å²) in [6, 6.07) is 19.0. The maximum atomic E-state index is 13.1. The first kappa shape index (κ1) is 22.9. The number of nitrogens with zero attached hydrogens (tertiary/aromatic N) is 3. The molecule has 1 saturated carbocycles. The molecule has 3 fully saturated rings. The highest BCUT2D eigenvalue weighted by molar-refractivity contribution is 5.89. The van der Waals surface area contributed by atoms with E-state index in [9.17, 15) is 14.4 Å². The van der Waals surface area contributed by atoms with E-state index in [0.29, 0.717) is 25.2 Å². The summed E-state index contributed by atoms with van der Waals surface area (Å²) >= 11 is 0. The van der Waals surface area contributed by atoms with Crippen LogP contribution in [0.3, 0.4) is 0 Å². The Balaban J connectivity index is 1.07. The highest BCUT2D eigenvalue weighted by Crippen LogP contribution is 2.51. The van der Waals surface area contributed by atoms with Gasteiger partial charge in [-0.1, -0.05) is 30.3 Å². The van der Waals surface area contributed by atoms with E-state index < -0.39 is 0 Å². The van der Waals surface area contributed by atoms with Crippen LogP contribution in [0.2, 0.25) is 0 Å². The molecule has 2 saturated heterocycles. The summed E-state index contributed by atoms with van der Waals surface area (Å²) in [5, 5.41) is 12.4. The highest BCUT2D eigenvalue weighted by Gasteiger charge is 2.46. The third-order valence-corrected chi connectivity index (χ3v) is 8.21. The summed E-state index contributed by atoms with van der Waals surface area (Å²) in [7, 11) is 0. The van der Waals surface area contributed by atoms with Crippen molar-refractivity contribution in [2.24, 2.45) is 11.8 Å². The molecule has 5 rings (SSSR count). The van der Waals surface area contributed by atoms with Crippen molar-refractivity contribution in [1.82, 2.24) is 9.80 Å². The number of carbonyl (C=O) groups excluding carboxylic acids is 1. The van der Waals surface area contributed by atoms with Crippen molar-refractivity contribution < 1.29 is 9.18 Å². The Labute approximate surface area is 201 Å². The molecule has 0 aromatic heterocycles. The number of piperidine rings is 1. The van der Waals surface area contributed by atoms with Gasteiger partial charge in [0.2, 0.25) is 0 Å². The first-order chi connectivity index (χ1) is 16.6. The van der Waals surface area contributed by atoms with E-state index in [2.05, 4.69) is 46.6 Å². The number of nitriles is 1. The predicted octanol–water partition coefficient (Wildman–Crippen LogP) is 5.62. The fraction of sp³-hybridized carbons (Fsp3) is 0.500. The van der Waals surface area contributed by atoms with Crippen LogP contribution in [0.1, 0.15) is 50.0 Å². The molecule has 3 aliphatic rings. The Morgan fingerprint density at radius 2 is 1.76 bits per heavy atom. The van der Waals surface area contributed by atoms with Gasteiger partial charge in [0.1, 0.15) is 5.82 Å². The fourth-order valence-corrected chi connectivity index (χ4v) is 5.88. The van der Waals surface area contributed by atoms with Gasteiger partial charge in [0.05, 0.1) is 12.5 Å². The van der Waals surface area contributed by atoms with E-state index >= 15 is 0 Å².